The van der Waals surface area contributed by atoms with Crippen LogP contribution in [0.15, 0.2) is 34.9 Å². The predicted octanol–water partition coefficient (Wildman–Crippen LogP) is 1.69. The summed E-state index contributed by atoms with van der Waals surface area (Å²) >= 11 is 0. The summed E-state index contributed by atoms with van der Waals surface area (Å²) in [6, 6.07) is 8.22. The molecule has 2 aliphatic heterocycles. The third kappa shape index (κ3) is 4.18. The van der Waals surface area contributed by atoms with Crippen molar-refractivity contribution in [1.82, 2.24) is 19.9 Å². The van der Waals surface area contributed by atoms with Gasteiger partial charge in [0.15, 0.2) is 5.69 Å². The average molecular weight is 442 g/mol. The molecule has 4 amide bonds. The van der Waals surface area contributed by atoms with E-state index in [9.17, 15) is 14.4 Å². The molecule has 4 rings (SSSR count). The molecule has 2 aromatic rings. The first-order chi connectivity index (χ1) is 15.5. The average Bonchev–Trinajstić information content (AvgIpc) is 3.15. The molecule has 0 N–H and O–H groups in total. The third-order valence-corrected chi connectivity index (χ3v) is 5.74. The van der Waals surface area contributed by atoms with E-state index in [1.807, 2.05) is 30.3 Å². The molecule has 170 valence electrons. The number of hydrogen-bond acceptors (Lipinski definition) is 7. The zero-order valence-corrected chi connectivity index (χ0v) is 18.2. The molecule has 0 bridgehead atoms. The summed E-state index contributed by atoms with van der Waals surface area (Å²) in [4.78, 5) is 43.2. The molecule has 2 fully saturated rings. The number of para-hydroxylation sites is 1. The normalized spacial score (nSPS) is 18.7. The highest BCUT2D eigenvalue weighted by molar-refractivity contribution is 6.05. The Balaban J connectivity index is 1.49. The smallest absolute Gasteiger partial charge is 0.327 e. The molecule has 0 saturated carbocycles. The zero-order chi connectivity index (χ0) is 22.7. The number of urea groups is 1. The van der Waals surface area contributed by atoms with E-state index in [1.165, 1.54) is 12.0 Å². The van der Waals surface area contributed by atoms with Crippen LogP contribution in [0.1, 0.15) is 28.2 Å². The Labute approximate surface area is 185 Å². The van der Waals surface area contributed by atoms with Gasteiger partial charge in [-0.2, -0.15) is 0 Å². The number of aromatic nitrogens is 1. The number of rotatable bonds is 7. The quantitative estimate of drug-likeness (QED) is 0.601. The van der Waals surface area contributed by atoms with E-state index in [1.54, 1.807) is 16.7 Å². The second-order valence-electron chi connectivity index (χ2n) is 7.75. The molecule has 2 saturated heterocycles. The number of amides is 4. The number of benzene rings is 1. The summed E-state index contributed by atoms with van der Waals surface area (Å²) in [5.74, 6) is 0.517. The number of methoxy groups -OCH3 is 1. The molecule has 32 heavy (non-hydrogen) atoms. The number of fused-ring (bicyclic) bond motifs is 1. The van der Waals surface area contributed by atoms with Crippen molar-refractivity contribution in [2.24, 2.45) is 0 Å². The summed E-state index contributed by atoms with van der Waals surface area (Å²) in [7, 11) is 1.52. The van der Waals surface area contributed by atoms with Crippen molar-refractivity contribution in [2.75, 3.05) is 39.9 Å². The van der Waals surface area contributed by atoms with Crippen LogP contribution in [0.3, 0.4) is 0 Å². The van der Waals surface area contributed by atoms with Gasteiger partial charge >= 0.3 is 6.03 Å². The Hall–Kier alpha value is -3.40. The molecule has 2 aliphatic rings. The maximum Gasteiger partial charge on any atom is 0.327 e. The Bertz CT molecular complexity index is 992. The van der Waals surface area contributed by atoms with Crippen molar-refractivity contribution < 1.29 is 28.4 Å². The molecule has 1 unspecified atom stereocenters. The molecule has 1 aromatic carbocycles. The topological polar surface area (TPSA) is 105 Å². The van der Waals surface area contributed by atoms with Crippen LogP contribution < -0.4 is 4.74 Å². The maximum absolute atomic E-state index is 13.3. The van der Waals surface area contributed by atoms with Crippen LogP contribution in [0.25, 0.3) is 0 Å². The van der Waals surface area contributed by atoms with Gasteiger partial charge in [-0.15, -0.1) is 0 Å². The van der Waals surface area contributed by atoms with Crippen LogP contribution in [0.2, 0.25) is 0 Å². The van der Waals surface area contributed by atoms with Crippen molar-refractivity contribution in [3.05, 3.63) is 47.3 Å². The monoisotopic (exact) mass is 442 g/mol. The minimum atomic E-state index is -0.706. The standard InChI is InChI=1S/C22H26N4O6/c1-15-17(14-31-16-7-4-3-5-8-16)19(23-32-15)21(28)24-9-6-10-25-18(13-24)20(27)26(22(25)29)11-12-30-2/h3-5,7-8,18H,6,9-14H2,1-2H3. The molecule has 1 aromatic heterocycles. The van der Waals surface area contributed by atoms with Gasteiger partial charge < -0.3 is 23.8 Å². The van der Waals surface area contributed by atoms with Gasteiger partial charge in [0.05, 0.1) is 25.3 Å². The first kappa shape index (κ1) is 21.8. The lowest BCUT2D eigenvalue weighted by molar-refractivity contribution is -0.128. The Morgan fingerprint density at radius 2 is 2.00 bits per heavy atom. The van der Waals surface area contributed by atoms with Crippen molar-refractivity contribution in [3.8, 4) is 5.75 Å². The third-order valence-electron chi connectivity index (χ3n) is 5.74. The highest BCUT2D eigenvalue weighted by Gasteiger charge is 2.47. The summed E-state index contributed by atoms with van der Waals surface area (Å²) in [5, 5.41) is 3.97. The fourth-order valence-electron chi connectivity index (χ4n) is 3.98. The Kier molecular flexibility index (Phi) is 6.40. The molecule has 0 spiro atoms. The van der Waals surface area contributed by atoms with Crippen LogP contribution in [0.4, 0.5) is 4.79 Å². The van der Waals surface area contributed by atoms with E-state index in [0.29, 0.717) is 36.6 Å². The number of imide groups is 1. The Morgan fingerprint density at radius 1 is 1.22 bits per heavy atom. The summed E-state index contributed by atoms with van der Waals surface area (Å²) in [6.45, 7) is 3.25. The van der Waals surface area contributed by atoms with Crippen LogP contribution in [-0.2, 0) is 16.1 Å². The lowest BCUT2D eigenvalue weighted by atomic mass is 10.1. The first-order valence-electron chi connectivity index (χ1n) is 10.5. The molecule has 0 aliphatic carbocycles. The lowest BCUT2D eigenvalue weighted by Crippen LogP contribution is -2.44. The Morgan fingerprint density at radius 3 is 2.75 bits per heavy atom. The first-order valence-corrected chi connectivity index (χ1v) is 10.5. The predicted molar refractivity (Wildman–Crippen MR) is 112 cm³/mol. The van der Waals surface area contributed by atoms with Crippen LogP contribution in [0, 0.1) is 6.92 Å². The summed E-state index contributed by atoms with van der Waals surface area (Å²) in [6.07, 6.45) is 0.562. The van der Waals surface area contributed by atoms with Crippen LogP contribution >= 0.6 is 0 Å². The van der Waals surface area contributed by atoms with Gasteiger partial charge in [-0.05, 0) is 25.5 Å². The minimum Gasteiger partial charge on any atom is -0.489 e. The highest BCUT2D eigenvalue weighted by Crippen LogP contribution is 2.24. The molecule has 1 atom stereocenters. The number of nitrogens with zero attached hydrogens (tertiary/aromatic N) is 4. The number of aryl methyl sites for hydroxylation is 1. The van der Waals surface area contributed by atoms with Gasteiger partial charge in [-0.3, -0.25) is 14.5 Å². The summed E-state index contributed by atoms with van der Waals surface area (Å²) < 4.78 is 16.1. The number of carbonyl (C=O) groups is 3. The minimum absolute atomic E-state index is 0.109. The molecule has 10 nitrogen and oxygen atoms in total. The molecular weight excluding hydrogens is 416 g/mol. The zero-order valence-electron chi connectivity index (χ0n) is 18.2. The van der Waals surface area contributed by atoms with E-state index in [-0.39, 0.29) is 49.8 Å². The van der Waals surface area contributed by atoms with Crippen molar-refractivity contribution in [3.63, 3.8) is 0 Å². The van der Waals surface area contributed by atoms with Gasteiger partial charge in [0.2, 0.25) is 0 Å². The maximum atomic E-state index is 13.3. The van der Waals surface area contributed by atoms with Gasteiger partial charge in [0, 0.05) is 20.2 Å². The van der Waals surface area contributed by atoms with Gasteiger partial charge in [-0.25, -0.2) is 4.79 Å². The molecule has 0 radical (unpaired) electrons. The second kappa shape index (κ2) is 9.39. The van der Waals surface area contributed by atoms with Gasteiger partial charge in [-0.1, -0.05) is 23.4 Å². The van der Waals surface area contributed by atoms with Crippen LogP contribution in [0.5, 0.6) is 5.75 Å². The number of ether oxygens (including phenoxy) is 2. The van der Waals surface area contributed by atoms with Crippen molar-refractivity contribution >= 4 is 17.8 Å². The SMILES string of the molecule is COCCN1C(=O)C2CN(C(=O)c3noc(C)c3COc3ccccc3)CCCN2C1=O. The van der Waals surface area contributed by atoms with Gasteiger partial charge in [0.25, 0.3) is 11.8 Å². The lowest BCUT2D eigenvalue weighted by Gasteiger charge is -2.23. The van der Waals surface area contributed by atoms with Crippen molar-refractivity contribution in [2.45, 2.75) is 26.0 Å². The molecule has 3 heterocycles. The largest absolute Gasteiger partial charge is 0.489 e. The van der Waals surface area contributed by atoms with E-state index in [4.69, 9.17) is 14.0 Å². The summed E-state index contributed by atoms with van der Waals surface area (Å²) in [5.41, 5.74) is 0.732. The van der Waals surface area contributed by atoms with E-state index in [0.717, 1.165) is 0 Å². The van der Waals surface area contributed by atoms with E-state index < -0.39 is 6.04 Å². The number of hydrogen-bond donors (Lipinski definition) is 0. The van der Waals surface area contributed by atoms with Gasteiger partial charge in [0.1, 0.15) is 24.2 Å². The number of carbonyl (C=O) groups excluding carboxylic acids is 3. The van der Waals surface area contributed by atoms with Crippen molar-refractivity contribution in [1.29, 1.82) is 0 Å². The molecular formula is C22H26N4O6. The molecule has 10 heteroatoms. The fourth-order valence-corrected chi connectivity index (χ4v) is 3.98. The van der Waals surface area contributed by atoms with E-state index >= 15 is 0 Å². The second-order valence-corrected chi connectivity index (χ2v) is 7.75. The van der Waals surface area contributed by atoms with E-state index in [2.05, 4.69) is 5.16 Å². The van der Waals surface area contributed by atoms with Crippen LogP contribution in [-0.4, -0.2) is 83.6 Å². The highest BCUT2D eigenvalue weighted by atomic mass is 16.5. The fraction of sp³-hybridized carbons (Fsp3) is 0.455.